The highest BCUT2D eigenvalue weighted by Gasteiger charge is 2.14. The Labute approximate surface area is 108 Å². The van der Waals surface area contributed by atoms with Gasteiger partial charge in [-0.2, -0.15) is 0 Å². The Hall–Kier alpha value is -1.10. The van der Waals surface area contributed by atoms with Crippen molar-refractivity contribution in [1.29, 1.82) is 0 Å². The maximum atomic E-state index is 10.1. The predicted octanol–water partition coefficient (Wildman–Crippen LogP) is 2.17. The highest BCUT2D eigenvalue weighted by Crippen LogP contribution is 2.24. The molecule has 0 spiro atoms. The first-order valence-electron chi connectivity index (χ1n) is 6.19. The van der Waals surface area contributed by atoms with Crippen LogP contribution in [0.1, 0.15) is 25.5 Å². The molecule has 0 saturated heterocycles. The summed E-state index contributed by atoms with van der Waals surface area (Å²) >= 11 is 0. The summed E-state index contributed by atoms with van der Waals surface area (Å²) in [6.07, 6.45) is -0.723. The number of aliphatic hydroxyl groups excluding tert-OH is 1. The minimum absolute atomic E-state index is 0.0330. The van der Waals surface area contributed by atoms with E-state index in [1.807, 2.05) is 38.1 Å². The molecule has 0 saturated carbocycles. The van der Waals surface area contributed by atoms with E-state index in [2.05, 4.69) is 0 Å². The zero-order valence-corrected chi connectivity index (χ0v) is 11.3. The molecule has 4 nitrogen and oxygen atoms in total. The number of para-hydroxylation sites is 1. The summed E-state index contributed by atoms with van der Waals surface area (Å²) in [5, 5.41) is 10.1. The Kier molecular flexibility index (Phi) is 6.72. The topological polar surface area (TPSA) is 47.9 Å². The van der Waals surface area contributed by atoms with E-state index in [9.17, 15) is 5.11 Å². The van der Waals surface area contributed by atoms with Gasteiger partial charge in [-0.25, -0.2) is 0 Å². The summed E-state index contributed by atoms with van der Waals surface area (Å²) < 4.78 is 16.0. The fraction of sp³-hybridized carbons (Fsp3) is 0.571. The lowest BCUT2D eigenvalue weighted by Crippen LogP contribution is -2.19. The van der Waals surface area contributed by atoms with Gasteiger partial charge in [0.15, 0.2) is 0 Å². The van der Waals surface area contributed by atoms with Crippen molar-refractivity contribution >= 4 is 0 Å². The largest absolute Gasteiger partial charge is 0.496 e. The molecule has 1 aromatic carbocycles. The van der Waals surface area contributed by atoms with Gasteiger partial charge in [0.2, 0.25) is 0 Å². The summed E-state index contributed by atoms with van der Waals surface area (Å²) in [5.74, 6) is 0.672. The number of aliphatic hydroxyl groups is 1. The maximum Gasteiger partial charge on any atom is 0.124 e. The van der Waals surface area contributed by atoms with Crippen molar-refractivity contribution in [2.75, 3.05) is 26.9 Å². The molecule has 0 fully saturated rings. The van der Waals surface area contributed by atoms with Gasteiger partial charge in [-0.1, -0.05) is 18.2 Å². The maximum absolute atomic E-state index is 10.1. The van der Waals surface area contributed by atoms with E-state index >= 15 is 0 Å². The van der Waals surface area contributed by atoms with E-state index < -0.39 is 6.10 Å². The molecule has 0 aliphatic heterocycles. The first-order valence-corrected chi connectivity index (χ1v) is 6.19. The third-order valence-corrected chi connectivity index (χ3v) is 2.59. The van der Waals surface area contributed by atoms with Crippen LogP contribution in [0.4, 0.5) is 0 Å². The van der Waals surface area contributed by atoms with Crippen LogP contribution in [-0.4, -0.2) is 38.1 Å². The molecular weight excluding hydrogens is 232 g/mol. The number of rotatable bonds is 8. The molecule has 0 aliphatic rings. The van der Waals surface area contributed by atoms with Crippen LogP contribution in [0.2, 0.25) is 0 Å². The summed E-state index contributed by atoms with van der Waals surface area (Å²) in [6, 6.07) is 7.39. The Morgan fingerprint density at radius 2 is 1.94 bits per heavy atom. The van der Waals surface area contributed by atoms with Crippen molar-refractivity contribution in [2.24, 2.45) is 0 Å². The van der Waals surface area contributed by atoms with Gasteiger partial charge >= 0.3 is 0 Å². The van der Waals surface area contributed by atoms with Crippen molar-refractivity contribution in [2.45, 2.75) is 26.1 Å². The molecule has 0 bridgehead atoms. The molecule has 0 radical (unpaired) electrons. The Balaban J connectivity index is 2.47. The fourth-order valence-electron chi connectivity index (χ4n) is 1.62. The summed E-state index contributed by atoms with van der Waals surface area (Å²) in [7, 11) is 1.59. The van der Waals surface area contributed by atoms with Gasteiger partial charge in [0.25, 0.3) is 0 Å². The molecule has 4 heteroatoms. The average molecular weight is 254 g/mol. The zero-order chi connectivity index (χ0) is 13.4. The number of hydrogen-bond donors (Lipinski definition) is 1. The van der Waals surface area contributed by atoms with Crippen LogP contribution in [-0.2, 0) is 9.47 Å². The van der Waals surface area contributed by atoms with E-state index in [0.717, 1.165) is 5.56 Å². The second kappa shape index (κ2) is 8.08. The fourth-order valence-corrected chi connectivity index (χ4v) is 1.62. The van der Waals surface area contributed by atoms with Gasteiger partial charge in [0, 0.05) is 12.2 Å². The third-order valence-electron chi connectivity index (χ3n) is 2.59. The standard InChI is InChI=1S/C14H22O4/c1-4-17-9-11(2)18-10-13(15)12-7-5-6-8-14(12)16-3/h5-8,11,13,15H,4,9-10H2,1-3H3. The molecule has 0 heterocycles. The quantitative estimate of drug-likeness (QED) is 0.772. The second-order valence-corrected chi connectivity index (χ2v) is 4.06. The summed E-state index contributed by atoms with van der Waals surface area (Å²) in [5.41, 5.74) is 0.739. The van der Waals surface area contributed by atoms with Crippen molar-refractivity contribution in [3.63, 3.8) is 0 Å². The predicted molar refractivity (Wildman–Crippen MR) is 69.9 cm³/mol. The van der Waals surface area contributed by atoms with Crippen LogP contribution in [0.15, 0.2) is 24.3 Å². The molecule has 1 rings (SSSR count). The summed E-state index contributed by atoms with van der Waals surface area (Å²) in [4.78, 5) is 0. The van der Waals surface area contributed by atoms with Crippen LogP contribution >= 0.6 is 0 Å². The lowest BCUT2D eigenvalue weighted by molar-refractivity contribution is -0.0399. The first kappa shape index (κ1) is 15.0. The van der Waals surface area contributed by atoms with E-state index in [4.69, 9.17) is 14.2 Å². The van der Waals surface area contributed by atoms with Crippen LogP contribution in [0, 0.1) is 0 Å². The number of ether oxygens (including phenoxy) is 3. The smallest absolute Gasteiger partial charge is 0.124 e. The van der Waals surface area contributed by atoms with Crippen LogP contribution in [0.3, 0.4) is 0 Å². The van der Waals surface area contributed by atoms with E-state index in [0.29, 0.717) is 19.0 Å². The first-order chi connectivity index (χ1) is 8.69. The van der Waals surface area contributed by atoms with E-state index in [1.54, 1.807) is 7.11 Å². The average Bonchev–Trinajstić information content (AvgIpc) is 2.42. The van der Waals surface area contributed by atoms with Gasteiger partial charge in [-0.15, -0.1) is 0 Å². The molecule has 1 N–H and O–H groups in total. The number of methoxy groups -OCH3 is 1. The Morgan fingerprint density at radius 1 is 1.22 bits per heavy atom. The van der Waals surface area contributed by atoms with E-state index in [-0.39, 0.29) is 12.7 Å². The van der Waals surface area contributed by atoms with Crippen LogP contribution in [0.25, 0.3) is 0 Å². The van der Waals surface area contributed by atoms with Crippen LogP contribution in [0.5, 0.6) is 5.75 Å². The van der Waals surface area contributed by atoms with Gasteiger partial charge < -0.3 is 19.3 Å². The zero-order valence-electron chi connectivity index (χ0n) is 11.3. The molecule has 0 aliphatic carbocycles. The van der Waals surface area contributed by atoms with Crippen molar-refractivity contribution in [1.82, 2.24) is 0 Å². The monoisotopic (exact) mass is 254 g/mol. The molecule has 2 unspecified atom stereocenters. The van der Waals surface area contributed by atoms with Gasteiger partial charge in [-0.3, -0.25) is 0 Å². The van der Waals surface area contributed by atoms with Crippen LogP contribution < -0.4 is 4.74 Å². The molecule has 102 valence electrons. The SMILES string of the molecule is CCOCC(C)OCC(O)c1ccccc1OC. The van der Waals surface area contributed by atoms with Crippen molar-refractivity contribution in [3.05, 3.63) is 29.8 Å². The van der Waals surface area contributed by atoms with E-state index in [1.165, 1.54) is 0 Å². The van der Waals surface area contributed by atoms with Crippen molar-refractivity contribution in [3.8, 4) is 5.75 Å². The highest BCUT2D eigenvalue weighted by molar-refractivity contribution is 5.34. The Bertz CT molecular complexity index is 340. The minimum atomic E-state index is -0.690. The Morgan fingerprint density at radius 3 is 2.61 bits per heavy atom. The molecule has 18 heavy (non-hydrogen) atoms. The lowest BCUT2D eigenvalue weighted by atomic mass is 10.1. The highest BCUT2D eigenvalue weighted by atomic mass is 16.5. The third kappa shape index (κ3) is 4.64. The van der Waals surface area contributed by atoms with Gasteiger partial charge in [0.1, 0.15) is 11.9 Å². The van der Waals surface area contributed by atoms with Gasteiger partial charge in [0.05, 0.1) is 26.4 Å². The molecule has 0 aromatic heterocycles. The normalized spacial score (nSPS) is 14.2. The molecule has 2 atom stereocenters. The lowest BCUT2D eigenvalue weighted by Gasteiger charge is -2.18. The second-order valence-electron chi connectivity index (χ2n) is 4.06. The van der Waals surface area contributed by atoms with Gasteiger partial charge in [-0.05, 0) is 19.9 Å². The molecule has 0 amide bonds. The minimum Gasteiger partial charge on any atom is -0.496 e. The number of benzene rings is 1. The number of hydrogen-bond acceptors (Lipinski definition) is 4. The molecular formula is C14H22O4. The summed E-state index contributed by atoms with van der Waals surface area (Å²) in [6.45, 7) is 5.30. The van der Waals surface area contributed by atoms with Crippen molar-refractivity contribution < 1.29 is 19.3 Å². The molecule has 1 aromatic rings.